The Morgan fingerprint density at radius 3 is 2.81 bits per heavy atom. The second kappa shape index (κ2) is 4.54. The summed E-state index contributed by atoms with van der Waals surface area (Å²) in [5.41, 5.74) is 8.33. The third-order valence-electron chi connectivity index (χ3n) is 3.78. The van der Waals surface area contributed by atoms with Crippen molar-refractivity contribution in [1.82, 2.24) is 0 Å². The molecule has 1 nitrogen and oxygen atoms in total. The van der Waals surface area contributed by atoms with E-state index in [1.165, 1.54) is 11.1 Å². The average molecular weight is 221 g/mol. The van der Waals surface area contributed by atoms with E-state index in [1.54, 1.807) is 12.1 Å². The molecule has 16 heavy (non-hydrogen) atoms. The molecule has 0 fully saturated rings. The van der Waals surface area contributed by atoms with E-state index in [0.717, 1.165) is 12.8 Å². The molecule has 2 unspecified atom stereocenters. The van der Waals surface area contributed by atoms with Crippen LogP contribution in [0.5, 0.6) is 0 Å². The van der Waals surface area contributed by atoms with Gasteiger partial charge in [-0.1, -0.05) is 19.9 Å². The molecule has 1 aliphatic carbocycles. The minimum atomic E-state index is -0.123. The highest BCUT2D eigenvalue weighted by Gasteiger charge is 2.30. The van der Waals surface area contributed by atoms with Crippen molar-refractivity contribution in [3.63, 3.8) is 0 Å². The minimum Gasteiger partial charge on any atom is -0.330 e. The Labute approximate surface area is 96.9 Å². The molecule has 0 amide bonds. The van der Waals surface area contributed by atoms with Crippen LogP contribution in [0.25, 0.3) is 0 Å². The average Bonchev–Trinajstić information content (AvgIpc) is 2.26. The molecule has 0 heterocycles. The predicted molar refractivity (Wildman–Crippen MR) is 64.8 cm³/mol. The molecule has 2 heteroatoms. The topological polar surface area (TPSA) is 26.0 Å². The van der Waals surface area contributed by atoms with Crippen LogP contribution in [0.4, 0.5) is 4.39 Å². The van der Waals surface area contributed by atoms with E-state index < -0.39 is 0 Å². The lowest BCUT2D eigenvalue weighted by atomic mass is 9.70. The van der Waals surface area contributed by atoms with Crippen molar-refractivity contribution < 1.29 is 4.39 Å². The molecule has 0 saturated carbocycles. The number of hydrogen-bond acceptors (Lipinski definition) is 1. The normalized spacial score (nSPS) is 24.6. The first-order valence-corrected chi connectivity index (χ1v) is 6.12. The maximum absolute atomic E-state index is 13.3. The van der Waals surface area contributed by atoms with Crippen molar-refractivity contribution in [1.29, 1.82) is 0 Å². The number of halogens is 1. The summed E-state index contributed by atoms with van der Waals surface area (Å²) in [6.07, 6.45) is 2.18. The largest absolute Gasteiger partial charge is 0.330 e. The quantitative estimate of drug-likeness (QED) is 0.816. The van der Waals surface area contributed by atoms with Crippen LogP contribution in [0.3, 0.4) is 0 Å². The molecule has 1 aliphatic rings. The van der Waals surface area contributed by atoms with Gasteiger partial charge in [0, 0.05) is 0 Å². The lowest BCUT2D eigenvalue weighted by molar-refractivity contribution is 0.310. The van der Waals surface area contributed by atoms with Crippen LogP contribution in [0, 0.1) is 17.7 Å². The fraction of sp³-hybridized carbons (Fsp3) is 0.571. The van der Waals surface area contributed by atoms with Gasteiger partial charge in [-0.3, -0.25) is 0 Å². The SMILES string of the molecule is CC(C)C1c2cc(F)ccc2CCC1CN. The highest BCUT2D eigenvalue weighted by Crippen LogP contribution is 2.40. The van der Waals surface area contributed by atoms with E-state index in [1.807, 2.05) is 6.07 Å². The summed E-state index contributed by atoms with van der Waals surface area (Å²) in [6.45, 7) is 5.11. The minimum absolute atomic E-state index is 0.123. The summed E-state index contributed by atoms with van der Waals surface area (Å²) in [7, 11) is 0. The molecular weight excluding hydrogens is 201 g/mol. The lowest BCUT2D eigenvalue weighted by Crippen LogP contribution is -2.30. The summed E-state index contributed by atoms with van der Waals surface area (Å²) >= 11 is 0. The molecule has 2 rings (SSSR count). The van der Waals surface area contributed by atoms with E-state index >= 15 is 0 Å². The van der Waals surface area contributed by atoms with Crippen molar-refractivity contribution in [2.75, 3.05) is 6.54 Å². The number of aryl methyl sites for hydroxylation is 1. The predicted octanol–water partition coefficient (Wildman–Crippen LogP) is 3.09. The summed E-state index contributed by atoms with van der Waals surface area (Å²) in [4.78, 5) is 0. The number of nitrogens with two attached hydrogens (primary N) is 1. The zero-order chi connectivity index (χ0) is 11.7. The van der Waals surface area contributed by atoms with Crippen molar-refractivity contribution >= 4 is 0 Å². The van der Waals surface area contributed by atoms with Crippen molar-refractivity contribution in [3.8, 4) is 0 Å². The van der Waals surface area contributed by atoms with Gasteiger partial charge < -0.3 is 5.73 Å². The molecule has 1 aromatic carbocycles. The molecule has 0 radical (unpaired) electrons. The van der Waals surface area contributed by atoms with E-state index in [0.29, 0.717) is 24.3 Å². The van der Waals surface area contributed by atoms with Crippen LogP contribution in [0.15, 0.2) is 18.2 Å². The third kappa shape index (κ3) is 1.99. The van der Waals surface area contributed by atoms with Gasteiger partial charge in [-0.15, -0.1) is 0 Å². The summed E-state index contributed by atoms with van der Waals surface area (Å²) in [6, 6.07) is 5.22. The molecule has 0 bridgehead atoms. The van der Waals surface area contributed by atoms with E-state index in [2.05, 4.69) is 13.8 Å². The highest BCUT2D eigenvalue weighted by atomic mass is 19.1. The smallest absolute Gasteiger partial charge is 0.123 e. The van der Waals surface area contributed by atoms with Gasteiger partial charge in [0.1, 0.15) is 5.82 Å². The molecule has 1 aromatic rings. The molecule has 88 valence electrons. The first kappa shape index (κ1) is 11.6. The molecule has 0 aromatic heterocycles. The number of hydrogen-bond donors (Lipinski definition) is 1. The van der Waals surface area contributed by atoms with Gasteiger partial charge in [-0.05, 0) is 60.4 Å². The van der Waals surface area contributed by atoms with Gasteiger partial charge in [-0.25, -0.2) is 4.39 Å². The number of rotatable bonds is 2. The summed E-state index contributed by atoms with van der Waals surface area (Å²) in [5.74, 6) is 1.33. The Morgan fingerprint density at radius 2 is 2.19 bits per heavy atom. The van der Waals surface area contributed by atoms with Gasteiger partial charge in [0.15, 0.2) is 0 Å². The second-order valence-corrected chi connectivity index (χ2v) is 5.15. The van der Waals surface area contributed by atoms with Gasteiger partial charge in [0.2, 0.25) is 0 Å². The number of benzene rings is 1. The van der Waals surface area contributed by atoms with E-state index in [9.17, 15) is 4.39 Å². The van der Waals surface area contributed by atoms with Crippen molar-refractivity contribution in [2.45, 2.75) is 32.6 Å². The highest BCUT2D eigenvalue weighted by molar-refractivity contribution is 5.34. The van der Waals surface area contributed by atoms with Crippen molar-refractivity contribution in [3.05, 3.63) is 35.1 Å². The van der Waals surface area contributed by atoms with Gasteiger partial charge in [-0.2, -0.15) is 0 Å². The van der Waals surface area contributed by atoms with Crippen LogP contribution in [0.2, 0.25) is 0 Å². The lowest BCUT2D eigenvalue weighted by Gasteiger charge is -2.35. The van der Waals surface area contributed by atoms with E-state index in [-0.39, 0.29) is 5.82 Å². The van der Waals surface area contributed by atoms with Gasteiger partial charge in [0.05, 0.1) is 0 Å². The number of fused-ring (bicyclic) bond motifs is 1. The maximum Gasteiger partial charge on any atom is 0.123 e. The monoisotopic (exact) mass is 221 g/mol. The molecular formula is C14H20FN. The summed E-state index contributed by atoms with van der Waals surface area (Å²) < 4.78 is 13.3. The Balaban J connectivity index is 2.43. The molecule has 0 saturated heterocycles. The molecule has 2 N–H and O–H groups in total. The van der Waals surface area contributed by atoms with Crippen LogP contribution in [-0.2, 0) is 6.42 Å². The zero-order valence-electron chi connectivity index (χ0n) is 10.0. The third-order valence-corrected chi connectivity index (χ3v) is 3.78. The second-order valence-electron chi connectivity index (χ2n) is 5.15. The fourth-order valence-corrected chi connectivity index (χ4v) is 3.05. The molecule has 0 aliphatic heterocycles. The van der Waals surface area contributed by atoms with Crippen LogP contribution < -0.4 is 5.73 Å². The maximum atomic E-state index is 13.3. The standard InChI is InChI=1S/C14H20FN/c1-9(2)14-11(8-16)4-3-10-5-6-12(15)7-13(10)14/h5-7,9,11,14H,3-4,8,16H2,1-2H3. The Hall–Kier alpha value is -0.890. The Morgan fingerprint density at radius 1 is 1.44 bits per heavy atom. The summed E-state index contributed by atoms with van der Waals surface area (Å²) in [5, 5.41) is 0. The Kier molecular flexibility index (Phi) is 3.29. The zero-order valence-corrected chi connectivity index (χ0v) is 10.0. The molecule has 0 spiro atoms. The Bertz CT molecular complexity index is 373. The van der Waals surface area contributed by atoms with Crippen LogP contribution in [-0.4, -0.2) is 6.54 Å². The first-order chi connectivity index (χ1) is 7.63. The van der Waals surface area contributed by atoms with Crippen molar-refractivity contribution in [2.24, 2.45) is 17.6 Å². The molecule has 2 atom stereocenters. The van der Waals surface area contributed by atoms with E-state index in [4.69, 9.17) is 5.73 Å². The fourth-order valence-electron chi connectivity index (χ4n) is 3.05. The van der Waals surface area contributed by atoms with Crippen LogP contribution >= 0.6 is 0 Å². The van der Waals surface area contributed by atoms with Gasteiger partial charge >= 0.3 is 0 Å². The first-order valence-electron chi connectivity index (χ1n) is 6.12. The van der Waals surface area contributed by atoms with Crippen LogP contribution in [0.1, 0.15) is 37.3 Å². The van der Waals surface area contributed by atoms with Gasteiger partial charge in [0.25, 0.3) is 0 Å².